The van der Waals surface area contributed by atoms with Gasteiger partial charge in [0.15, 0.2) is 11.5 Å². The van der Waals surface area contributed by atoms with Crippen molar-refractivity contribution in [1.29, 1.82) is 0 Å². The van der Waals surface area contributed by atoms with E-state index in [1.54, 1.807) is 30.3 Å². The second kappa shape index (κ2) is 8.74. The third kappa shape index (κ3) is 4.12. The average molecular weight is 454 g/mol. The standard InChI is InChI=1S/C23H23N3O5S/c27-21(24-16-4-5-18-19(12-16)31-10-9-30-18)13-26-17-11-15(23(29)25-7-1-2-8-25)3-6-20(17)32-14-22(26)28/h3-6,11-12H,1-2,7-10,13-14H2,(H,24,27). The summed E-state index contributed by atoms with van der Waals surface area (Å²) in [6.45, 7) is 2.33. The minimum atomic E-state index is -0.329. The third-order valence-electron chi connectivity index (χ3n) is 5.67. The maximum Gasteiger partial charge on any atom is 0.253 e. The Kier molecular flexibility index (Phi) is 5.65. The van der Waals surface area contributed by atoms with Crippen molar-refractivity contribution in [2.45, 2.75) is 17.7 Å². The molecule has 2 aromatic carbocycles. The summed E-state index contributed by atoms with van der Waals surface area (Å²) < 4.78 is 11.1. The van der Waals surface area contributed by atoms with Crippen molar-refractivity contribution < 1.29 is 23.9 Å². The molecular formula is C23H23N3O5S. The van der Waals surface area contributed by atoms with Crippen LogP contribution in [-0.4, -0.2) is 61.2 Å². The van der Waals surface area contributed by atoms with Crippen molar-refractivity contribution in [3.8, 4) is 11.5 Å². The number of amides is 3. The first-order valence-corrected chi connectivity index (χ1v) is 11.6. The van der Waals surface area contributed by atoms with Crippen LogP contribution < -0.4 is 19.7 Å². The number of nitrogens with zero attached hydrogens (tertiary/aromatic N) is 2. The van der Waals surface area contributed by atoms with Gasteiger partial charge in [-0.2, -0.15) is 0 Å². The molecule has 3 heterocycles. The van der Waals surface area contributed by atoms with Crippen molar-refractivity contribution in [3.63, 3.8) is 0 Å². The van der Waals surface area contributed by atoms with E-state index in [2.05, 4.69) is 5.32 Å². The molecule has 0 radical (unpaired) electrons. The highest BCUT2D eigenvalue weighted by atomic mass is 32.2. The van der Waals surface area contributed by atoms with Crippen molar-refractivity contribution in [2.75, 3.05) is 48.8 Å². The van der Waals surface area contributed by atoms with Crippen LogP contribution in [0, 0.1) is 0 Å². The minimum Gasteiger partial charge on any atom is -0.486 e. The van der Waals surface area contributed by atoms with Gasteiger partial charge in [0.2, 0.25) is 11.8 Å². The number of nitrogens with one attached hydrogen (secondary N) is 1. The topological polar surface area (TPSA) is 88.2 Å². The highest BCUT2D eigenvalue weighted by Crippen LogP contribution is 2.37. The Bertz CT molecular complexity index is 1080. The molecule has 0 aliphatic carbocycles. The zero-order valence-corrected chi connectivity index (χ0v) is 18.3. The van der Waals surface area contributed by atoms with Crippen LogP contribution in [0.3, 0.4) is 0 Å². The number of carbonyl (C=O) groups excluding carboxylic acids is 3. The lowest BCUT2D eigenvalue weighted by atomic mass is 10.1. The first-order valence-electron chi connectivity index (χ1n) is 10.6. The summed E-state index contributed by atoms with van der Waals surface area (Å²) in [6.07, 6.45) is 2.02. The number of ether oxygens (including phenoxy) is 2. The third-order valence-corrected chi connectivity index (χ3v) is 6.72. The van der Waals surface area contributed by atoms with Crippen molar-refractivity contribution in [2.24, 2.45) is 0 Å². The number of rotatable bonds is 4. The molecule has 0 saturated carbocycles. The summed E-state index contributed by atoms with van der Waals surface area (Å²) in [7, 11) is 0. The largest absolute Gasteiger partial charge is 0.486 e. The van der Waals surface area contributed by atoms with Crippen LogP contribution in [0.15, 0.2) is 41.3 Å². The molecule has 1 fully saturated rings. The number of fused-ring (bicyclic) bond motifs is 2. The molecule has 1 saturated heterocycles. The second-order valence-corrected chi connectivity index (χ2v) is 8.87. The van der Waals surface area contributed by atoms with E-state index >= 15 is 0 Å². The molecule has 0 atom stereocenters. The molecule has 0 aromatic heterocycles. The quantitative estimate of drug-likeness (QED) is 0.766. The zero-order chi connectivity index (χ0) is 22.1. The van der Waals surface area contributed by atoms with Gasteiger partial charge < -0.3 is 24.6 Å². The lowest BCUT2D eigenvalue weighted by molar-refractivity contribution is -0.120. The molecule has 32 heavy (non-hydrogen) atoms. The fourth-order valence-electron chi connectivity index (χ4n) is 4.08. The smallest absolute Gasteiger partial charge is 0.253 e. The summed E-state index contributed by atoms with van der Waals surface area (Å²) in [5.41, 5.74) is 1.71. The van der Waals surface area contributed by atoms with E-state index < -0.39 is 0 Å². The maximum absolute atomic E-state index is 12.8. The molecule has 5 rings (SSSR count). The molecule has 8 nitrogen and oxygen atoms in total. The minimum absolute atomic E-state index is 0.0333. The number of thioether (sulfide) groups is 1. The van der Waals surface area contributed by atoms with Crippen LogP contribution in [0.5, 0.6) is 11.5 Å². The van der Waals surface area contributed by atoms with Crippen LogP contribution >= 0.6 is 11.8 Å². The Morgan fingerprint density at radius 3 is 2.59 bits per heavy atom. The van der Waals surface area contributed by atoms with E-state index in [0.29, 0.717) is 41.7 Å². The van der Waals surface area contributed by atoms with Gasteiger partial charge >= 0.3 is 0 Å². The van der Waals surface area contributed by atoms with Gasteiger partial charge in [0.05, 0.1) is 11.4 Å². The summed E-state index contributed by atoms with van der Waals surface area (Å²) in [5.74, 6) is 0.948. The average Bonchev–Trinajstić information content (AvgIpc) is 3.35. The van der Waals surface area contributed by atoms with Crippen LogP contribution in [0.1, 0.15) is 23.2 Å². The number of carbonyl (C=O) groups is 3. The monoisotopic (exact) mass is 453 g/mol. The van der Waals surface area contributed by atoms with E-state index in [1.807, 2.05) is 11.0 Å². The van der Waals surface area contributed by atoms with Crippen molar-refractivity contribution in [1.82, 2.24) is 4.90 Å². The molecular weight excluding hydrogens is 430 g/mol. The normalized spacial score (nSPS) is 17.2. The fourth-order valence-corrected chi connectivity index (χ4v) is 4.99. The number of benzene rings is 2. The highest BCUT2D eigenvalue weighted by Gasteiger charge is 2.29. The Morgan fingerprint density at radius 2 is 1.78 bits per heavy atom. The lowest BCUT2D eigenvalue weighted by Crippen LogP contribution is -2.41. The van der Waals surface area contributed by atoms with Gasteiger partial charge in [-0.05, 0) is 43.2 Å². The van der Waals surface area contributed by atoms with Crippen LogP contribution in [0.4, 0.5) is 11.4 Å². The van der Waals surface area contributed by atoms with E-state index in [1.165, 1.54) is 16.7 Å². The molecule has 3 aliphatic heterocycles. The molecule has 0 bridgehead atoms. The van der Waals surface area contributed by atoms with Crippen molar-refractivity contribution in [3.05, 3.63) is 42.0 Å². The van der Waals surface area contributed by atoms with Gasteiger partial charge in [-0.1, -0.05) is 0 Å². The molecule has 2 aromatic rings. The predicted octanol–water partition coefficient (Wildman–Crippen LogP) is 2.77. The van der Waals surface area contributed by atoms with E-state index in [9.17, 15) is 14.4 Å². The van der Waals surface area contributed by atoms with Crippen molar-refractivity contribution >= 4 is 40.9 Å². The van der Waals surface area contributed by atoms with Gasteiger partial charge in [-0.15, -0.1) is 11.8 Å². The van der Waals surface area contributed by atoms with Gasteiger partial charge in [-0.3, -0.25) is 14.4 Å². The van der Waals surface area contributed by atoms with Gasteiger partial charge in [0.1, 0.15) is 19.8 Å². The molecule has 0 unspecified atom stereocenters. The Hall–Kier alpha value is -3.20. The van der Waals surface area contributed by atoms with E-state index in [4.69, 9.17) is 9.47 Å². The zero-order valence-electron chi connectivity index (χ0n) is 17.5. The Balaban J connectivity index is 1.33. The van der Waals surface area contributed by atoms with Crippen LogP contribution in [0.25, 0.3) is 0 Å². The first-order chi connectivity index (χ1) is 15.6. The van der Waals surface area contributed by atoms with Crippen LogP contribution in [-0.2, 0) is 9.59 Å². The number of anilines is 2. The summed E-state index contributed by atoms with van der Waals surface area (Å²) in [6, 6.07) is 10.6. The lowest BCUT2D eigenvalue weighted by Gasteiger charge is -2.29. The molecule has 3 amide bonds. The van der Waals surface area contributed by atoms with E-state index in [-0.39, 0.29) is 30.0 Å². The Morgan fingerprint density at radius 1 is 1.00 bits per heavy atom. The SMILES string of the molecule is O=C(CN1C(=O)CSc2ccc(C(=O)N3CCCC3)cc21)Nc1ccc2c(c1)OCCO2. The summed E-state index contributed by atoms with van der Waals surface area (Å²) in [5, 5.41) is 2.82. The van der Waals surface area contributed by atoms with Gasteiger partial charge in [0.25, 0.3) is 5.91 Å². The van der Waals surface area contributed by atoms with Crippen LogP contribution in [0.2, 0.25) is 0 Å². The molecule has 9 heteroatoms. The first kappa shape index (κ1) is 20.7. The molecule has 3 aliphatic rings. The Labute approximate surface area is 189 Å². The number of hydrogen-bond donors (Lipinski definition) is 1. The molecule has 0 spiro atoms. The number of hydrogen-bond acceptors (Lipinski definition) is 6. The van der Waals surface area contributed by atoms with E-state index in [0.717, 1.165) is 30.8 Å². The summed E-state index contributed by atoms with van der Waals surface area (Å²) in [4.78, 5) is 42.4. The molecule has 1 N–H and O–H groups in total. The van der Waals surface area contributed by atoms with Gasteiger partial charge in [-0.25, -0.2) is 0 Å². The maximum atomic E-state index is 12.8. The molecule has 166 valence electrons. The predicted molar refractivity (Wildman–Crippen MR) is 121 cm³/mol. The van der Waals surface area contributed by atoms with Gasteiger partial charge in [0, 0.05) is 35.3 Å². The highest BCUT2D eigenvalue weighted by molar-refractivity contribution is 8.00. The number of likely N-dealkylation sites (tertiary alicyclic amines) is 1. The fraction of sp³-hybridized carbons (Fsp3) is 0.348. The summed E-state index contributed by atoms with van der Waals surface area (Å²) >= 11 is 1.42. The second-order valence-electron chi connectivity index (χ2n) is 7.86.